The van der Waals surface area contributed by atoms with Gasteiger partial charge in [-0.2, -0.15) is 13.2 Å². The number of alkyl halides is 3. The molecule has 3 rings (SSSR count). The van der Waals surface area contributed by atoms with Crippen molar-refractivity contribution in [3.8, 4) is 0 Å². The first-order chi connectivity index (χ1) is 10.2. The maximum atomic E-state index is 13.3. The van der Waals surface area contributed by atoms with Gasteiger partial charge in [0, 0.05) is 28.2 Å². The highest BCUT2D eigenvalue weighted by molar-refractivity contribution is 5.90. The average molecular weight is 307 g/mol. The minimum atomic E-state index is -4.26. The maximum Gasteiger partial charge on any atom is 0.413 e. The molecule has 118 valence electrons. The molecule has 1 aliphatic rings. The second-order valence-electron chi connectivity index (χ2n) is 6.55. The first-order valence-electron chi connectivity index (χ1n) is 7.62. The minimum Gasteiger partial charge on any atom is -0.338 e. The molecular weight excluding hydrogens is 287 g/mol. The van der Waals surface area contributed by atoms with Crippen molar-refractivity contribution in [1.29, 1.82) is 0 Å². The molecule has 0 saturated heterocycles. The van der Waals surface area contributed by atoms with Crippen LogP contribution in [0.3, 0.4) is 0 Å². The summed E-state index contributed by atoms with van der Waals surface area (Å²) >= 11 is 0. The van der Waals surface area contributed by atoms with E-state index in [0.717, 1.165) is 27.7 Å². The molecule has 0 fully saturated rings. The fourth-order valence-electron chi connectivity index (χ4n) is 3.51. The Hall–Kier alpha value is -1.71. The van der Waals surface area contributed by atoms with Gasteiger partial charge in [0.05, 0.1) is 0 Å². The molecule has 0 bridgehead atoms. The molecule has 0 aliphatic heterocycles. The zero-order chi connectivity index (χ0) is 16.2. The summed E-state index contributed by atoms with van der Waals surface area (Å²) in [6, 6.07) is 6.25. The van der Waals surface area contributed by atoms with Crippen LogP contribution in [-0.2, 0) is 6.42 Å². The molecule has 0 radical (unpaired) electrons. The van der Waals surface area contributed by atoms with E-state index < -0.39 is 17.7 Å². The molecule has 1 aliphatic carbocycles. The summed E-state index contributed by atoms with van der Waals surface area (Å²) in [5.74, 6) is -0.501. The molecule has 0 saturated carbocycles. The van der Waals surface area contributed by atoms with E-state index in [1.807, 2.05) is 37.5 Å². The SMILES string of the molecule is Cc1ccc2c(c1)c1c(n2C(C)C)C=C(C(F)(F)F)C(C)C1. The third-order valence-corrected chi connectivity index (χ3v) is 4.48. The first-order valence-corrected chi connectivity index (χ1v) is 7.62. The third-order valence-electron chi connectivity index (χ3n) is 4.48. The van der Waals surface area contributed by atoms with Gasteiger partial charge in [-0.3, -0.25) is 0 Å². The fraction of sp³-hybridized carbons (Fsp3) is 0.444. The average Bonchev–Trinajstić information content (AvgIpc) is 2.70. The Morgan fingerprint density at radius 3 is 2.50 bits per heavy atom. The molecule has 1 heterocycles. The first kappa shape index (κ1) is 15.2. The van der Waals surface area contributed by atoms with Crippen molar-refractivity contribution in [3.63, 3.8) is 0 Å². The molecular formula is C18H20F3N. The van der Waals surface area contributed by atoms with Crippen LogP contribution in [0.15, 0.2) is 23.8 Å². The second kappa shape index (κ2) is 4.90. The van der Waals surface area contributed by atoms with Crippen LogP contribution >= 0.6 is 0 Å². The van der Waals surface area contributed by atoms with E-state index in [-0.39, 0.29) is 6.04 Å². The Bertz CT molecular complexity index is 763. The fourth-order valence-corrected chi connectivity index (χ4v) is 3.51. The van der Waals surface area contributed by atoms with Crippen molar-refractivity contribution < 1.29 is 13.2 Å². The van der Waals surface area contributed by atoms with Crippen molar-refractivity contribution in [3.05, 3.63) is 40.6 Å². The zero-order valence-electron chi connectivity index (χ0n) is 13.3. The molecule has 1 aromatic carbocycles. The highest BCUT2D eigenvalue weighted by atomic mass is 19.4. The van der Waals surface area contributed by atoms with Crippen molar-refractivity contribution in [2.45, 2.75) is 46.3 Å². The van der Waals surface area contributed by atoms with Gasteiger partial charge < -0.3 is 4.57 Å². The number of fused-ring (bicyclic) bond motifs is 3. The number of hydrogen-bond donors (Lipinski definition) is 0. The summed E-state index contributed by atoms with van der Waals surface area (Å²) < 4.78 is 41.8. The summed E-state index contributed by atoms with van der Waals surface area (Å²) in [5.41, 5.74) is 3.52. The van der Waals surface area contributed by atoms with Crippen molar-refractivity contribution in [2.24, 2.45) is 5.92 Å². The van der Waals surface area contributed by atoms with Gasteiger partial charge in [0.1, 0.15) is 0 Å². The largest absolute Gasteiger partial charge is 0.413 e. The van der Waals surface area contributed by atoms with Crippen LogP contribution < -0.4 is 0 Å². The molecule has 1 nitrogen and oxygen atoms in total. The van der Waals surface area contributed by atoms with Crippen LogP contribution in [0.5, 0.6) is 0 Å². The lowest BCUT2D eigenvalue weighted by Gasteiger charge is -2.25. The minimum absolute atomic E-state index is 0.119. The summed E-state index contributed by atoms with van der Waals surface area (Å²) in [7, 11) is 0. The predicted molar refractivity (Wildman–Crippen MR) is 84.0 cm³/mol. The van der Waals surface area contributed by atoms with E-state index in [4.69, 9.17) is 0 Å². The van der Waals surface area contributed by atoms with Crippen molar-refractivity contribution in [1.82, 2.24) is 4.57 Å². The molecule has 1 aromatic heterocycles. The van der Waals surface area contributed by atoms with E-state index in [2.05, 4.69) is 6.07 Å². The van der Waals surface area contributed by atoms with Crippen LogP contribution in [0.25, 0.3) is 17.0 Å². The summed E-state index contributed by atoms with van der Waals surface area (Å²) in [5, 5.41) is 1.09. The van der Waals surface area contributed by atoms with E-state index >= 15 is 0 Å². The van der Waals surface area contributed by atoms with E-state index in [0.29, 0.717) is 6.42 Å². The van der Waals surface area contributed by atoms with Gasteiger partial charge in [-0.25, -0.2) is 0 Å². The Balaban J connectivity index is 2.35. The number of benzene rings is 1. The normalized spacial score (nSPS) is 18.7. The number of aromatic nitrogens is 1. The number of nitrogens with zero attached hydrogens (tertiary/aromatic N) is 1. The van der Waals surface area contributed by atoms with Crippen LogP contribution in [0.2, 0.25) is 0 Å². The van der Waals surface area contributed by atoms with Crippen molar-refractivity contribution in [2.75, 3.05) is 0 Å². The lowest BCUT2D eigenvalue weighted by molar-refractivity contribution is -0.0975. The highest BCUT2D eigenvalue weighted by Crippen LogP contribution is 2.43. The number of aryl methyl sites for hydroxylation is 1. The summed E-state index contributed by atoms with van der Waals surface area (Å²) in [4.78, 5) is 0. The molecule has 1 atom stereocenters. The Labute approximate surface area is 128 Å². The van der Waals surface area contributed by atoms with Crippen LogP contribution in [0, 0.1) is 12.8 Å². The van der Waals surface area contributed by atoms with Gasteiger partial charge in [-0.1, -0.05) is 18.6 Å². The Kier molecular flexibility index (Phi) is 3.38. The van der Waals surface area contributed by atoms with Gasteiger partial charge in [0.25, 0.3) is 0 Å². The van der Waals surface area contributed by atoms with Gasteiger partial charge in [-0.15, -0.1) is 0 Å². The van der Waals surface area contributed by atoms with Gasteiger partial charge in [0.2, 0.25) is 0 Å². The predicted octanol–water partition coefficient (Wildman–Crippen LogP) is 5.67. The second-order valence-corrected chi connectivity index (χ2v) is 6.55. The van der Waals surface area contributed by atoms with E-state index in [1.165, 1.54) is 6.08 Å². The molecule has 0 spiro atoms. The number of rotatable bonds is 1. The van der Waals surface area contributed by atoms with Gasteiger partial charge in [0.15, 0.2) is 0 Å². The van der Waals surface area contributed by atoms with Gasteiger partial charge in [-0.05, 0) is 56.9 Å². The maximum absolute atomic E-state index is 13.3. The molecule has 4 heteroatoms. The standard InChI is InChI=1S/C18H20F3N/c1-10(2)22-16-6-5-11(3)7-13(16)14-8-12(4)15(9-17(14)22)18(19,20)21/h5-7,9-10,12H,8H2,1-4H3. The van der Waals surface area contributed by atoms with E-state index in [1.54, 1.807) is 6.92 Å². The summed E-state index contributed by atoms with van der Waals surface area (Å²) in [6.45, 7) is 7.70. The molecule has 1 unspecified atom stereocenters. The monoisotopic (exact) mass is 307 g/mol. The zero-order valence-corrected chi connectivity index (χ0v) is 13.3. The Morgan fingerprint density at radius 1 is 1.23 bits per heavy atom. The molecule has 0 N–H and O–H groups in total. The highest BCUT2D eigenvalue weighted by Gasteiger charge is 2.40. The lowest BCUT2D eigenvalue weighted by Crippen LogP contribution is -2.23. The van der Waals surface area contributed by atoms with Crippen LogP contribution in [-0.4, -0.2) is 10.7 Å². The number of hydrogen-bond acceptors (Lipinski definition) is 0. The Morgan fingerprint density at radius 2 is 1.91 bits per heavy atom. The van der Waals surface area contributed by atoms with Gasteiger partial charge >= 0.3 is 6.18 Å². The van der Waals surface area contributed by atoms with E-state index in [9.17, 15) is 13.2 Å². The van der Waals surface area contributed by atoms with Crippen molar-refractivity contribution >= 4 is 17.0 Å². The van der Waals surface area contributed by atoms with Crippen LogP contribution in [0.4, 0.5) is 13.2 Å². The topological polar surface area (TPSA) is 4.93 Å². The third kappa shape index (κ3) is 2.25. The molecule has 2 aromatic rings. The smallest absolute Gasteiger partial charge is 0.338 e. The number of halogens is 3. The molecule has 22 heavy (non-hydrogen) atoms. The quantitative estimate of drug-likeness (QED) is 0.640. The van der Waals surface area contributed by atoms with Crippen LogP contribution in [0.1, 0.15) is 43.6 Å². The molecule has 0 amide bonds. The number of allylic oxidation sites excluding steroid dienone is 1. The summed E-state index contributed by atoms with van der Waals surface area (Å²) in [6.07, 6.45) is -2.45. The lowest BCUT2D eigenvalue weighted by atomic mass is 9.86.